The Labute approximate surface area is 134 Å². The van der Waals surface area contributed by atoms with Gasteiger partial charge in [-0.05, 0) is 17.7 Å². The Kier molecular flexibility index (Phi) is 5.57. The Morgan fingerprint density at radius 3 is 2.43 bits per heavy atom. The highest BCUT2D eigenvalue weighted by Gasteiger charge is 2.22. The maximum Gasteiger partial charge on any atom is 0.321 e. The van der Waals surface area contributed by atoms with Gasteiger partial charge in [-0.25, -0.2) is 4.79 Å². The molecule has 2 aromatic carbocycles. The lowest BCUT2D eigenvalue weighted by atomic mass is 10.1. The minimum Gasteiger partial charge on any atom is -0.497 e. The molecule has 23 heavy (non-hydrogen) atoms. The van der Waals surface area contributed by atoms with Crippen LogP contribution in [0.25, 0.3) is 0 Å². The lowest BCUT2D eigenvalue weighted by Gasteiger charge is -2.19. The Morgan fingerprint density at radius 2 is 1.78 bits per heavy atom. The third kappa shape index (κ3) is 4.47. The first-order valence-corrected chi connectivity index (χ1v) is 7.12. The zero-order chi connectivity index (χ0) is 16.7. The average Bonchev–Trinajstić information content (AvgIpc) is 2.60. The standard InChI is InChI=1S/C17H19N3O3/c1-18-17(22)20-16(21)15(12-7-4-3-5-8-12)19-13-9-6-10-14(11-13)23-2/h3-11,15,19H,1-2H3,(H2,18,20,21,22)/t15-/m0/s1. The molecule has 0 unspecified atom stereocenters. The van der Waals surface area contributed by atoms with Crippen molar-refractivity contribution in [1.29, 1.82) is 0 Å². The van der Waals surface area contributed by atoms with Crippen molar-refractivity contribution in [3.8, 4) is 5.75 Å². The van der Waals surface area contributed by atoms with E-state index in [1.807, 2.05) is 48.5 Å². The van der Waals surface area contributed by atoms with Crippen LogP contribution in [-0.2, 0) is 4.79 Å². The molecular formula is C17H19N3O3. The van der Waals surface area contributed by atoms with Gasteiger partial charge in [-0.15, -0.1) is 0 Å². The number of anilines is 1. The van der Waals surface area contributed by atoms with Gasteiger partial charge in [-0.2, -0.15) is 0 Å². The first-order valence-electron chi connectivity index (χ1n) is 7.12. The summed E-state index contributed by atoms with van der Waals surface area (Å²) in [6.07, 6.45) is 0. The van der Waals surface area contributed by atoms with Crippen LogP contribution in [0.3, 0.4) is 0 Å². The van der Waals surface area contributed by atoms with Crippen LogP contribution in [0.2, 0.25) is 0 Å². The molecule has 120 valence electrons. The number of amides is 3. The molecule has 0 aliphatic heterocycles. The summed E-state index contributed by atoms with van der Waals surface area (Å²) in [6.45, 7) is 0. The van der Waals surface area contributed by atoms with E-state index in [9.17, 15) is 9.59 Å². The second-order valence-corrected chi connectivity index (χ2v) is 4.79. The third-order valence-electron chi connectivity index (χ3n) is 3.24. The van der Waals surface area contributed by atoms with Gasteiger partial charge in [0.1, 0.15) is 11.8 Å². The molecule has 0 aliphatic carbocycles. The molecule has 0 heterocycles. The van der Waals surface area contributed by atoms with Crippen molar-refractivity contribution in [3.05, 3.63) is 60.2 Å². The Hall–Kier alpha value is -3.02. The molecule has 2 rings (SSSR count). The van der Waals surface area contributed by atoms with Gasteiger partial charge in [0.25, 0.3) is 5.91 Å². The lowest BCUT2D eigenvalue weighted by molar-refractivity contribution is -0.120. The highest BCUT2D eigenvalue weighted by atomic mass is 16.5. The van der Waals surface area contributed by atoms with E-state index in [0.717, 1.165) is 5.56 Å². The van der Waals surface area contributed by atoms with Crippen LogP contribution in [0.5, 0.6) is 5.75 Å². The maximum atomic E-state index is 12.4. The molecule has 0 spiro atoms. The average molecular weight is 313 g/mol. The van der Waals surface area contributed by atoms with E-state index in [4.69, 9.17) is 4.74 Å². The minimum atomic E-state index is -0.708. The Morgan fingerprint density at radius 1 is 1.04 bits per heavy atom. The van der Waals surface area contributed by atoms with Gasteiger partial charge in [0.2, 0.25) is 0 Å². The zero-order valence-corrected chi connectivity index (χ0v) is 13.0. The molecule has 0 saturated heterocycles. The van der Waals surface area contributed by atoms with E-state index in [0.29, 0.717) is 11.4 Å². The summed E-state index contributed by atoms with van der Waals surface area (Å²) < 4.78 is 5.18. The van der Waals surface area contributed by atoms with E-state index in [2.05, 4.69) is 16.0 Å². The molecule has 2 aromatic rings. The van der Waals surface area contributed by atoms with E-state index in [1.54, 1.807) is 13.2 Å². The fourth-order valence-electron chi connectivity index (χ4n) is 2.07. The van der Waals surface area contributed by atoms with Gasteiger partial charge in [-0.3, -0.25) is 10.1 Å². The number of carbonyl (C=O) groups is 2. The number of methoxy groups -OCH3 is 1. The van der Waals surface area contributed by atoms with Crippen LogP contribution >= 0.6 is 0 Å². The summed E-state index contributed by atoms with van der Waals surface area (Å²) in [6, 6.07) is 15.2. The molecule has 3 N–H and O–H groups in total. The van der Waals surface area contributed by atoms with E-state index in [1.165, 1.54) is 7.05 Å². The molecule has 0 fully saturated rings. The number of imide groups is 1. The topological polar surface area (TPSA) is 79.5 Å². The second kappa shape index (κ2) is 7.84. The summed E-state index contributed by atoms with van der Waals surface area (Å²) >= 11 is 0. The predicted molar refractivity (Wildman–Crippen MR) is 88.4 cm³/mol. The lowest BCUT2D eigenvalue weighted by Crippen LogP contribution is -2.42. The monoisotopic (exact) mass is 313 g/mol. The molecule has 0 radical (unpaired) electrons. The Bertz CT molecular complexity index is 674. The Balaban J connectivity index is 2.26. The normalized spacial score (nSPS) is 11.2. The van der Waals surface area contributed by atoms with Gasteiger partial charge < -0.3 is 15.4 Å². The first-order chi connectivity index (χ1) is 11.1. The number of hydrogen-bond donors (Lipinski definition) is 3. The van der Waals surface area contributed by atoms with Crippen molar-refractivity contribution >= 4 is 17.6 Å². The van der Waals surface area contributed by atoms with Gasteiger partial charge >= 0.3 is 6.03 Å². The third-order valence-corrected chi connectivity index (χ3v) is 3.24. The van der Waals surface area contributed by atoms with Gasteiger partial charge in [-0.1, -0.05) is 36.4 Å². The van der Waals surface area contributed by atoms with E-state index < -0.39 is 18.0 Å². The number of urea groups is 1. The number of nitrogens with one attached hydrogen (secondary N) is 3. The van der Waals surface area contributed by atoms with Crippen LogP contribution < -0.4 is 20.7 Å². The summed E-state index contributed by atoms with van der Waals surface area (Å²) in [5.74, 6) is 0.229. The number of ether oxygens (including phenoxy) is 1. The number of carbonyl (C=O) groups excluding carboxylic acids is 2. The molecule has 1 atom stereocenters. The van der Waals surface area contributed by atoms with E-state index >= 15 is 0 Å². The molecule has 0 bridgehead atoms. The largest absolute Gasteiger partial charge is 0.497 e. The second-order valence-electron chi connectivity index (χ2n) is 4.79. The molecule has 0 aliphatic rings. The summed E-state index contributed by atoms with van der Waals surface area (Å²) in [7, 11) is 3.03. The predicted octanol–water partition coefficient (Wildman–Crippen LogP) is 2.30. The highest BCUT2D eigenvalue weighted by molar-refractivity contribution is 5.98. The summed E-state index contributed by atoms with van der Waals surface area (Å²) in [5.41, 5.74) is 1.46. The smallest absolute Gasteiger partial charge is 0.321 e. The highest BCUT2D eigenvalue weighted by Crippen LogP contribution is 2.23. The van der Waals surface area contributed by atoms with Gasteiger partial charge in [0, 0.05) is 18.8 Å². The van der Waals surface area contributed by atoms with Crippen LogP contribution in [-0.4, -0.2) is 26.1 Å². The molecule has 6 nitrogen and oxygen atoms in total. The number of benzene rings is 2. The zero-order valence-electron chi connectivity index (χ0n) is 13.0. The van der Waals surface area contributed by atoms with Crippen molar-refractivity contribution in [1.82, 2.24) is 10.6 Å². The molecule has 0 aromatic heterocycles. The molecule has 3 amide bonds. The quantitative estimate of drug-likeness (QED) is 0.791. The maximum absolute atomic E-state index is 12.4. The van der Waals surface area contributed by atoms with Crippen LogP contribution in [0.15, 0.2) is 54.6 Å². The van der Waals surface area contributed by atoms with Crippen molar-refractivity contribution < 1.29 is 14.3 Å². The molecule has 6 heteroatoms. The minimum absolute atomic E-state index is 0.446. The fraction of sp³-hybridized carbons (Fsp3) is 0.176. The summed E-state index contributed by atoms with van der Waals surface area (Å²) in [5, 5.41) is 7.79. The fourth-order valence-corrected chi connectivity index (χ4v) is 2.07. The van der Waals surface area contributed by atoms with Crippen molar-refractivity contribution in [2.75, 3.05) is 19.5 Å². The first kappa shape index (κ1) is 16.4. The van der Waals surface area contributed by atoms with E-state index in [-0.39, 0.29) is 0 Å². The molecule has 0 saturated carbocycles. The van der Waals surface area contributed by atoms with Crippen molar-refractivity contribution in [3.63, 3.8) is 0 Å². The van der Waals surface area contributed by atoms with Gasteiger partial charge in [0.15, 0.2) is 0 Å². The number of rotatable bonds is 5. The van der Waals surface area contributed by atoms with Crippen LogP contribution in [0.4, 0.5) is 10.5 Å². The number of hydrogen-bond acceptors (Lipinski definition) is 4. The van der Waals surface area contributed by atoms with Crippen LogP contribution in [0.1, 0.15) is 11.6 Å². The molecular weight excluding hydrogens is 294 g/mol. The van der Waals surface area contributed by atoms with Crippen LogP contribution in [0, 0.1) is 0 Å². The van der Waals surface area contributed by atoms with Crippen molar-refractivity contribution in [2.24, 2.45) is 0 Å². The van der Waals surface area contributed by atoms with Crippen molar-refractivity contribution in [2.45, 2.75) is 6.04 Å². The van der Waals surface area contributed by atoms with Gasteiger partial charge in [0.05, 0.1) is 7.11 Å². The SMILES string of the molecule is CNC(=O)NC(=O)[C@@H](Nc1cccc(OC)c1)c1ccccc1. The summed E-state index contributed by atoms with van der Waals surface area (Å²) in [4.78, 5) is 23.8.